The van der Waals surface area contributed by atoms with Crippen molar-refractivity contribution in [2.45, 2.75) is 85.9 Å². The Balaban J connectivity index is 0.000000389. The van der Waals surface area contributed by atoms with Crippen LogP contribution >= 0.6 is 0 Å². The van der Waals surface area contributed by atoms with E-state index in [0.717, 1.165) is 45.8 Å². The summed E-state index contributed by atoms with van der Waals surface area (Å²) in [5.74, 6) is 0.782. The van der Waals surface area contributed by atoms with Crippen molar-refractivity contribution < 1.29 is 9.47 Å². The molecule has 0 spiro atoms. The summed E-state index contributed by atoms with van der Waals surface area (Å²) >= 11 is 0. The van der Waals surface area contributed by atoms with E-state index in [1.807, 2.05) is 55.4 Å². The van der Waals surface area contributed by atoms with Gasteiger partial charge in [-0.2, -0.15) is 0 Å². The van der Waals surface area contributed by atoms with Gasteiger partial charge in [-0.25, -0.2) is 0 Å². The molecule has 2 aliphatic heterocycles. The summed E-state index contributed by atoms with van der Waals surface area (Å²) in [6.45, 7) is 21.4. The summed E-state index contributed by atoms with van der Waals surface area (Å²) in [5.41, 5.74) is 5.31. The topological polar surface area (TPSA) is 42.5 Å². The summed E-state index contributed by atoms with van der Waals surface area (Å²) in [4.78, 5) is 0. The van der Waals surface area contributed by atoms with Crippen molar-refractivity contribution in [3.8, 4) is 0 Å². The highest BCUT2D eigenvalue weighted by Gasteiger charge is 2.27. The monoisotopic (exact) mass is 640 g/mol. The molecule has 2 heterocycles. The first-order valence-electron chi connectivity index (χ1n) is 18.2. The molecule has 2 fully saturated rings. The van der Waals surface area contributed by atoms with Crippen LogP contribution in [0.3, 0.4) is 0 Å². The zero-order chi connectivity index (χ0) is 34.5. The second-order valence-electron chi connectivity index (χ2n) is 10.2. The molecular formula is C43H64N2O2. The average Bonchev–Trinajstić information content (AvgIpc) is 3.58. The van der Waals surface area contributed by atoms with Crippen molar-refractivity contribution in [3.63, 3.8) is 0 Å². The third kappa shape index (κ3) is 15.0. The minimum atomic E-state index is 0.138. The van der Waals surface area contributed by atoms with Gasteiger partial charge in [-0.3, -0.25) is 0 Å². The molecule has 4 aromatic rings. The Morgan fingerprint density at radius 2 is 0.851 bits per heavy atom. The lowest BCUT2D eigenvalue weighted by Gasteiger charge is -2.25. The molecule has 0 aliphatic carbocycles. The van der Waals surface area contributed by atoms with E-state index >= 15 is 0 Å². The Morgan fingerprint density at radius 3 is 1.34 bits per heavy atom. The number of ether oxygens (including phenoxy) is 2. The van der Waals surface area contributed by atoms with Gasteiger partial charge in [-0.15, -0.1) is 0 Å². The molecule has 0 unspecified atom stereocenters. The SMILES string of the molecule is CC.CC.CC.CC.c1ccc(C[C@H]2OCCNC[C@H]2c2ccccc2)cc1.c1ccc([C@@H]2CNCCO[C@H]2c2ccccc2)cc1. The zero-order valence-electron chi connectivity index (χ0n) is 30.6. The Kier molecular flexibility index (Phi) is 24.7. The standard InChI is InChI=1S/C18H21NO.C17H19NO.4C2H6/c1-3-7-15(8-4-1)13-18-17(14-19-11-12-20-18)16-9-5-2-6-10-16;1-3-7-14(8-4-1)16-13-18-11-12-19-17(16)15-9-5-2-6-10-15;4*1-2/h1-10,17-19H,11-14H2;1-10,16-18H,11-13H2;4*1-2H3/t17-,18+;16-,17-;;;;/m00..../s1. The maximum absolute atomic E-state index is 6.11. The molecular weight excluding hydrogens is 576 g/mol. The molecule has 4 heteroatoms. The van der Waals surface area contributed by atoms with Crippen LogP contribution in [0.4, 0.5) is 0 Å². The smallest absolute Gasteiger partial charge is 0.0906 e. The van der Waals surface area contributed by atoms with Crippen LogP contribution in [0, 0.1) is 0 Å². The molecule has 6 rings (SSSR count). The fourth-order valence-corrected chi connectivity index (χ4v) is 5.57. The third-order valence-electron chi connectivity index (χ3n) is 7.59. The Hall–Kier alpha value is -3.28. The zero-order valence-corrected chi connectivity index (χ0v) is 30.6. The van der Waals surface area contributed by atoms with E-state index in [9.17, 15) is 0 Å². The lowest BCUT2D eigenvalue weighted by molar-refractivity contribution is 0.0515. The second kappa shape index (κ2) is 27.8. The maximum atomic E-state index is 6.11. The van der Waals surface area contributed by atoms with Crippen molar-refractivity contribution in [2.24, 2.45) is 0 Å². The van der Waals surface area contributed by atoms with Crippen molar-refractivity contribution in [3.05, 3.63) is 144 Å². The Labute approximate surface area is 288 Å². The lowest BCUT2D eigenvalue weighted by atomic mass is 9.89. The van der Waals surface area contributed by atoms with E-state index in [1.165, 1.54) is 22.3 Å². The van der Waals surface area contributed by atoms with Crippen molar-refractivity contribution in [1.29, 1.82) is 0 Å². The first-order valence-corrected chi connectivity index (χ1v) is 18.2. The summed E-state index contributed by atoms with van der Waals surface area (Å²) in [7, 11) is 0. The maximum Gasteiger partial charge on any atom is 0.0906 e. The molecule has 0 radical (unpaired) electrons. The van der Waals surface area contributed by atoms with E-state index in [4.69, 9.17) is 9.47 Å². The predicted molar refractivity (Wildman–Crippen MR) is 205 cm³/mol. The molecule has 0 bridgehead atoms. The average molecular weight is 641 g/mol. The van der Waals surface area contributed by atoms with Crippen LogP contribution in [-0.4, -0.2) is 45.5 Å². The van der Waals surface area contributed by atoms with E-state index < -0.39 is 0 Å². The summed E-state index contributed by atoms with van der Waals surface area (Å²) < 4.78 is 12.2. The van der Waals surface area contributed by atoms with Gasteiger partial charge in [0.05, 0.1) is 25.4 Å². The minimum Gasteiger partial charge on any atom is -0.376 e. The van der Waals surface area contributed by atoms with Crippen LogP contribution in [0.2, 0.25) is 0 Å². The van der Waals surface area contributed by atoms with Gasteiger partial charge in [0.2, 0.25) is 0 Å². The molecule has 0 amide bonds. The Morgan fingerprint density at radius 1 is 0.468 bits per heavy atom. The van der Waals surface area contributed by atoms with Gasteiger partial charge < -0.3 is 20.1 Å². The van der Waals surface area contributed by atoms with E-state index in [-0.39, 0.29) is 12.2 Å². The van der Waals surface area contributed by atoms with Gasteiger partial charge >= 0.3 is 0 Å². The Bertz CT molecular complexity index is 1160. The highest BCUT2D eigenvalue weighted by molar-refractivity contribution is 5.28. The van der Waals surface area contributed by atoms with Crippen molar-refractivity contribution in [1.82, 2.24) is 10.6 Å². The molecule has 258 valence electrons. The second-order valence-corrected chi connectivity index (χ2v) is 10.2. The number of hydrogen-bond acceptors (Lipinski definition) is 4. The minimum absolute atomic E-state index is 0.138. The molecule has 2 aliphatic rings. The molecule has 4 atom stereocenters. The van der Waals surface area contributed by atoms with Crippen LogP contribution in [0.5, 0.6) is 0 Å². The highest BCUT2D eigenvalue weighted by atomic mass is 16.5. The van der Waals surface area contributed by atoms with E-state index in [0.29, 0.717) is 11.8 Å². The number of benzene rings is 4. The third-order valence-corrected chi connectivity index (χ3v) is 7.59. The van der Waals surface area contributed by atoms with Crippen LogP contribution in [-0.2, 0) is 15.9 Å². The van der Waals surface area contributed by atoms with Gasteiger partial charge in [-0.1, -0.05) is 177 Å². The molecule has 4 aromatic carbocycles. The van der Waals surface area contributed by atoms with Crippen LogP contribution in [0.15, 0.2) is 121 Å². The van der Waals surface area contributed by atoms with Gasteiger partial charge in [0.25, 0.3) is 0 Å². The molecule has 2 N–H and O–H groups in total. The molecule has 2 saturated heterocycles. The first-order chi connectivity index (χ1) is 23.4. The fraction of sp³-hybridized carbons (Fsp3) is 0.442. The van der Waals surface area contributed by atoms with E-state index in [2.05, 4.69) is 132 Å². The highest BCUT2D eigenvalue weighted by Crippen LogP contribution is 2.34. The summed E-state index contributed by atoms with van der Waals surface area (Å²) in [6, 6.07) is 42.5. The predicted octanol–water partition coefficient (Wildman–Crippen LogP) is 10.2. The van der Waals surface area contributed by atoms with Gasteiger partial charge in [0, 0.05) is 38.0 Å². The van der Waals surface area contributed by atoms with E-state index in [1.54, 1.807) is 0 Å². The molecule has 4 nitrogen and oxygen atoms in total. The number of hydrogen-bond donors (Lipinski definition) is 2. The van der Waals surface area contributed by atoms with Crippen LogP contribution < -0.4 is 10.6 Å². The fourth-order valence-electron chi connectivity index (χ4n) is 5.57. The van der Waals surface area contributed by atoms with Crippen molar-refractivity contribution >= 4 is 0 Å². The summed E-state index contributed by atoms with van der Waals surface area (Å²) in [5, 5.41) is 6.96. The van der Waals surface area contributed by atoms with Crippen LogP contribution in [0.25, 0.3) is 0 Å². The normalized spacial score (nSPS) is 20.0. The number of nitrogens with one attached hydrogen (secondary N) is 2. The van der Waals surface area contributed by atoms with Gasteiger partial charge in [-0.05, 0) is 28.7 Å². The van der Waals surface area contributed by atoms with Gasteiger partial charge in [0.15, 0.2) is 0 Å². The summed E-state index contributed by atoms with van der Waals surface area (Å²) in [6.07, 6.45) is 1.36. The molecule has 0 aromatic heterocycles. The molecule has 0 saturated carbocycles. The largest absolute Gasteiger partial charge is 0.376 e. The van der Waals surface area contributed by atoms with Gasteiger partial charge in [0.1, 0.15) is 0 Å². The quantitative estimate of drug-likeness (QED) is 0.228. The van der Waals surface area contributed by atoms with Crippen LogP contribution in [0.1, 0.15) is 95.6 Å². The first kappa shape index (κ1) is 41.7. The molecule has 47 heavy (non-hydrogen) atoms. The van der Waals surface area contributed by atoms with Crippen molar-refractivity contribution in [2.75, 3.05) is 39.4 Å². The lowest BCUT2D eigenvalue weighted by Crippen LogP contribution is -2.28. The number of rotatable bonds is 5.